The van der Waals surface area contributed by atoms with Gasteiger partial charge in [0, 0.05) is 0 Å². The largest absolute Gasteiger partial charge is 0.444 e. The van der Waals surface area contributed by atoms with Crippen LogP contribution >= 0.6 is 0 Å². The summed E-state index contributed by atoms with van der Waals surface area (Å²) in [4.78, 5) is 11.9. The minimum Gasteiger partial charge on any atom is -0.444 e. The molecule has 128 valence electrons. The van der Waals surface area contributed by atoms with Gasteiger partial charge in [-0.25, -0.2) is 4.79 Å². The number of amides is 1. The average molecular weight is 333 g/mol. The quantitative estimate of drug-likeness (QED) is 0.631. The van der Waals surface area contributed by atoms with Crippen molar-refractivity contribution in [2.24, 2.45) is 11.3 Å². The zero-order valence-corrected chi connectivity index (χ0v) is 15.0. The minimum atomic E-state index is -3.47. The molecule has 0 bridgehead atoms. The van der Waals surface area contributed by atoms with Crippen molar-refractivity contribution in [3.05, 3.63) is 12.2 Å². The van der Waals surface area contributed by atoms with Gasteiger partial charge in [-0.1, -0.05) is 26.0 Å². The van der Waals surface area contributed by atoms with E-state index in [1.54, 1.807) is 20.8 Å². The fourth-order valence-corrected chi connectivity index (χ4v) is 2.75. The Bertz CT molecular complexity index is 531. The van der Waals surface area contributed by atoms with Crippen LogP contribution in [0.25, 0.3) is 0 Å². The molecule has 1 aliphatic rings. The molecule has 1 aliphatic carbocycles. The summed E-state index contributed by atoms with van der Waals surface area (Å²) in [5, 5.41) is 2.84. The Hall–Kier alpha value is -1.08. The molecule has 22 heavy (non-hydrogen) atoms. The van der Waals surface area contributed by atoms with Gasteiger partial charge in [-0.2, -0.15) is 8.42 Å². The molecule has 1 unspecified atom stereocenters. The standard InChI is InChI=1S/C15H27NO5S/c1-14(2,3)21-13(17)16-12-9-7-8-11(15(12,4)5)10-20-22(6,18)19/h7,9,11-12H,8,10H2,1-6H3,(H,16,17)/t11-,12?/m0/s1. The van der Waals surface area contributed by atoms with E-state index >= 15 is 0 Å². The highest BCUT2D eigenvalue weighted by molar-refractivity contribution is 7.85. The zero-order valence-electron chi connectivity index (χ0n) is 14.2. The topological polar surface area (TPSA) is 81.7 Å². The molecule has 1 amide bonds. The molecular formula is C15H27NO5S. The Morgan fingerprint density at radius 1 is 1.36 bits per heavy atom. The van der Waals surface area contributed by atoms with Gasteiger partial charge >= 0.3 is 6.09 Å². The molecule has 1 N–H and O–H groups in total. The molecule has 0 aromatic rings. The summed E-state index contributed by atoms with van der Waals surface area (Å²) in [5.74, 6) is -0.0211. The highest BCUT2D eigenvalue weighted by atomic mass is 32.2. The molecule has 7 heteroatoms. The maximum absolute atomic E-state index is 11.9. The van der Waals surface area contributed by atoms with E-state index in [-0.39, 0.29) is 24.0 Å². The number of nitrogens with one attached hydrogen (secondary N) is 1. The fourth-order valence-electron chi connectivity index (χ4n) is 2.34. The molecule has 0 fully saturated rings. The first-order chi connectivity index (χ1) is 9.81. The van der Waals surface area contributed by atoms with Gasteiger partial charge in [-0.3, -0.25) is 4.18 Å². The van der Waals surface area contributed by atoms with E-state index in [0.717, 1.165) is 6.26 Å². The van der Waals surface area contributed by atoms with Crippen LogP contribution in [0.5, 0.6) is 0 Å². The Morgan fingerprint density at radius 3 is 2.45 bits per heavy atom. The molecule has 0 aromatic heterocycles. The van der Waals surface area contributed by atoms with Crippen molar-refractivity contribution < 1.29 is 22.1 Å². The normalized spacial score (nSPS) is 24.8. The first-order valence-corrected chi connectivity index (χ1v) is 9.13. The van der Waals surface area contributed by atoms with Crippen LogP contribution in [0.4, 0.5) is 4.79 Å². The van der Waals surface area contributed by atoms with E-state index in [0.29, 0.717) is 6.42 Å². The molecule has 6 nitrogen and oxygen atoms in total. The summed E-state index contributed by atoms with van der Waals surface area (Å²) in [5.41, 5.74) is -0.915. The molecule has 0 heterocycles. The van der Waals surface area contributed by atoms with E-state index in [4.69, 9.17) is 8.92 Å². The van der Waals surface area contributed by atoms with Crippen molar-refractivity contribution in [3.63, 3.8) is 0 Å². The van der Waals surface area contributed by atoms with Gasteiger partial charge in [-0.15, -0.1) is 0 Å². The Balaban J connectivity index is 2.74. The van der Waals surface area contributed by atoms with Gasteiger partial charge in [-0.05, 0) is 38.5 Å². The number of allylic oxidation sites excluding steroid dienone is 1. The first-order valence-electron chi connectivity index (χ1n) is 7.32. The van der Waals surface area contributed by atoms with Gasteiger partial charge < -0.3 is 10.1 Å². The van der Waals surface area contributed by atoms with E-state index in [9.17, 15) is 13.2 Å². The van der Waals surface area contributed by atoms with Crippen LogP contribution in [-0.2, 0) is 19.0 Å². The lowest BCUT2D eigenvalue weighted by atomic mass is 9.69. The average Bonchev–Trinajstić information content (AvgIpc) is 2.26. The van der Waals surface area contributed by atoms with E-state index < -0.39 is 21.8 Å². The van der Waals surface area contributed by atoms with Crippen molar-refractivity contribution in [1.82, 2.24) is 5.32 Å². The summed E-state index contributed by atoms with van der Waals surface area (Å²) in [6.07, 6.45) is 5.11. The van der Waals surface area contributed by atoms with Crippen molar-refractivity contribution in [3.8, 4) is 0 Å². The lowest BCUT2D eigenvalue weighted by Crippen LogP contribution is -2.51. The molecule has 0 spiro atoms. The van der Waals surface area contributed by atoms with Crippen LogP contribution in [0.2, 0.25) is 0 Å². The third-order valence-electron chi connectivity index (χ3n) is 3.76. The predicted octanol–water partition coefficient (Wildman–Crippen LogP) is 2.46. The maximum Gasteiger partial charge on any atom is 0.408 e. The molecule has 0 aromatic carbocycles. The minimum absolute atomic E-state index is 0.0211. The van der Waals surface area contributed by atoms with Gasteiger partial charge in [0.1, 0.15) is 5.60 Å². The van der Waals surface area contributed by atoms with Crippen LogP contribution in [0, 0.1) is 11.3 Å². The second-order valence-corrected chi connectivity index (χ2v) is 8.94. The van der Waals surface area contributed by atoms with Gasteiger partial charge in [0.2, 0.25) is 0 Å². The van der Waals surface area contributed by atoms with E-state index in [1.165, 1.54) is 0 Å². The molecule has 2 atom stereocenters. The van der Waals surface area contributed by atoms with Crippen LogP contribution in [0.15, 0.2) is 12.2 Å². The van der Waals surface area contributed by atoms with Gasteiger partial charge in [0.15, 0.2) is 0 Å². The second-order valence-electron chi connectivity index (χ2n) is 7.29. The molecule has 0 saturated heterocycles. The van der Waals surface area contributed by atoms with Crippen LogP contribution < -0.4 is 5.32 Å². The molecule has 0 aliphatic heterocycles. The highest BCUT2D eigenvalue weighted by Gasteiger charge is 2.40. The van der Waals surface area contributed by atoms with Crippen molar-refractivity contribution in [2.75, 3.05) is 12.9 Å². The summed E-state index contributed by atoms with van der Waals surface area (Å²) in [6, 6.07) is -0.246. The first kappa shape index (κ1) is 19.0. The number of hydrogen-bond donors (Lipinski definition) is 1. The smallest absolute Gasteiger partial charge is 0.408 e. The summed E-state index contributed by atoms with van der Waals surface area (Å²) in [7, 11) is -3.47. The van der Waals surface area contributed by atoms with Crippen LogP contribution in [-0.4, -0.2) is 39.0 Å². The third kappa shape index (κ3) is 5.96. The van der Waals surface area contributed by atoms with Gasteiger partial charge in [0.05, 0.1) is 18.9 Å². The number of carbonyl (C=O) groups is 1. The highest BCUT2D eigenvalue weighted by Crippen LogP contribution is 2.38. The Labute approximate surface area is 133 Å². The summed E-state index contributed by atoms with van der Waals surface area (Å²) < 4.78 is 32.5. The van der Waals surface area contributed by atoms with E-state index in [1.807, 2.05) is 26.0 Å². The SMILES string of the molecule is CC(C)(C)OC(=O)NC1C=CC[C@@H](COS(C)(=O)=O)C1(C)C. The molecule has 0 saturated carbocycles. The second kappa shape index (κ2) is 6.58. The lowest BCUT2D eigenvalue weighted by Gasteiger charge is -2.42. The van der Waals surface area contributed by atoms with Gasteiger partial charge in [0.25, 0.3) is 10.1 Å². The summed E-state index contributed by atoms with van der Waals surface area (Å²) >= 11 is 0. The number of alkyl carbamates (subject to hydrolysis) is 1. The Kier molecular flexibility index (Phi) is 5.67. The number of ether oxygens (including phenoxy) is 1. The Morgan fingerprint density at radius 2 is 1.95 bits per heavy atom. The van der Waals surface area contributed by atoms with E-state index in [2.05, 4.69) is 5.32 Å². The number of hydrogen-bond acceptors (Lipinski definition) is 5. The fraction of sp³-hybridized carbons (Fsp3) is 0.800. The number of carbonyl (C=O) groups excluding carboxylic acids is 1. The van der Waals surface area contributed by atoms with Crippen LogP contribution in [0.3, 0.4) is 0 Å². The summed E-state index contributed by atoms with van der Waals surface area (Å²) in [6.45, 7) is 9.47. The lowest BCUT2D eigenvalue weighted by molar-refractivity contribution is 0.0406. The van der Waals surface area contributed by atoms with Crippen LogP contribution in [0.1, 0.15) is 41.0 Å². The molecular weight excluding hydrogens is 306 g/mol. The molecule has 0 radical (unpaired) electrons. The third-order valence-corrected chi connectivity index (χ3v) is 4.32. The molecule has 1 rings (SSSR count). The monoisotopic (exact) mass is 333 g/mol. The van der Waals surface area contributed by atoms with Crippen molar-refractivity contribution in [2.45, 2.75) is 52.7 Å². The van der Waals surface area contributed by atoms with Crippen molar-refractivity contribution >= 4 is 16.2 Å². The maximum atomic E-state index is 11.9. The number of rotatable bonds is 4. The zero-order chi connectivity index (χ0) is 17.2. The van der Waals surface area contributed by atoms with Crippen molar-refractivity contribution in [1.29, 1.82) is 0 Å². The predicted molar refractivity (Wildman–Crippen MR) is 85.0 cm³/mol.